The first-order valence-electron chi connectivity index (χ1n) is 6.77. The van der Waals surface area contributed by atoms with Crippen molar-refractivity contribution < 1.29 is 0 Å². The van der Waals surface area contributed by atoms with Crippen molar-refractivity contribution in [2.45, 2.75) is 59.9 Å². The van der Waals surface area contributed by atoms with Crippen molar-refractivity contribution in [3.8, 4) is 0 Å². The SMILES string of the molecule is CC(C)(C)Cc1ncc2c(n1)CC(C)(C)CC2N. The Balaban J connectivity index is 2.31. The van der Waals surface area contributed by atoms with Crippen LogP contribution in [0.15, 0.2) is 6.20 Å². The first-order chi connectivity index (χ1) is 8.16. The zero-order chi connectivity index (χ0) is 13.6. The van der Waals surface area contributed by atoms with Gasteiger partial charge in [-0.3, -0.25) is 0 Å². The summed E-state index contributed by atoms with van der Waals surface area (Å²) in [7, 11) is 0. The van der Waals surface area contributed by atoms with E-state index in [1.54, 1.807) is 0 Å². The Labute approximate surface area is 110 Å². The van der Waals surface area contributed by atoms with Crippen LogP contribution < -0.4 is 5.73 Å². The van der Waals surface area contributed by atoms with Gasteiger partial charge in [-0.25, -0.2) is 9.97 Å². The van der Waals surface area contributed by atoms with Gasteiger partial charge in [0.15, 0.2) is 0 Å². The Morgan fingerprint density at radius 1 is 1.39 bits per heavy atom. The summed E-state index contributed by atoms with van der Waals surface area (Å²) in [6.45, 7) is 11.2. The number of hydrogen-bond acceptors (Lipinski definition) is 3. The molecule has 1 unspecified atom stereocenters. The minimum Gasteiger partial charge on any atom is -0.324 e. The van der Waals surface area contributed by atoms with E-state index in [-0.39, 0.29) is 16.9 Å². The molecule has 100 valence electrons. The molecule has 0 saturated heterocycles. The molecule has 3 heteroatoms. The number of nitrogens with zero attached hydrogens (tertiary/aromatic N) is 2. The van der Waals surface area contributed by atoms with Crippen molar-refractivity contribution in [2.24, 2.45) is 16.6 Å². The van der Waals surface area contributed by atoms with Crippen molar-refractivity contribution >= 4 is 0 Å². The summed E-state index contributed by atoms with van der Waals surface area (Å²) in [4.78, 5) is 9.24. The van der Waals surface area contributed by atoms with Gasteiger partial charge < -0.3 is 5.73 Å². The van der Waals surface area contributed by atoms with Crippen LogP contribution >= 0.6 is 0 Å². The molecule has 1 aromatic rings. The van der Waals surface area contributed by atoms with Crippen LogP contribution in [0.25, 0.3) is 0 Å². The van der Waals surface area contributed by atoms with Crippen LogP contribution in [0.4, 0.5) is 0 Å². The summed E-state index contributed by atoms with van der Waals surface area (Å²) < 4.78 is 0. The van der Waals surface area contributed by atoms with Crippen LogP contribution in [0.2, 0.25) is 0 Å². The first kappa shape index (κ1) is 13.5. The van der Waals surface area contributed by atoms with Gasteiger partial charge >= 0.3 is 0 Å². The van der Waals surface area contributed by atoms with Crippen molar-refractivity contribution in [1.29, 1.82) is 0 Å². The summed E-state index contributed by atoms with van der Waals surface area (Å²) in [5.74, 6) is 0.950. The molecule has 1 aromatic heterocycles. The number of fused-ring (bicyclic) bond motifs is 1. The lowest BCUT2D eigenvalue weighted by atomic mass is 9.74. The number of aromatic nitrogens is 2. The molecule has 2 N–H and O–H groups in total. The van der Waals surface area contributed by atoms with E-state index in [9.17, 15) is 0 Å². The predicted octanol–water partition coefficient (Wildman–Crippen LogP) is 3.04. The fourth-order valence-electron chi connectivity index (χ4n) is 2.71. The molecule has 0 saturated carbocycles. The van der Waals surface area contributed by atoms with Gasteiger partial charge in [0.1, 0.15) is 5.82 Å². The van der Waals surface area contributed by atoms with Crippen LogP contribution in [0.3, 0.4) is 0 Å². The van der Waals surface area contributed by atoms with Gasteiger partial charge in [0.05, 0.1) is 0 Å². The monoisotopic (exact) mass is 247 g/mol. The summed E-state index contributed by atoms with van der Waals surface area (Å²) in [5, 5.41) is 0. The van der Waals surface area contributed by atoms with Crippen LogP contribution in [-0.2, 0) is 12.8 Å². The number of hydrogen-bond donors (Lipinski definition) is 1. The Morgan fingerprint density at radius 2 is 2.06 bits per heavy atom. The fourth-order valence-corrected chi connectivity index (χ4v) is 2.71. The highest BCUT2D eigenvalue weighted by molar-refractivity contribution is 5.26. The van der Waals surface area contributed by atoms with Gasteiger partial charge in [-0.2, -0.15) is 0 Å². The van der Waals surface area contributed by atoms with E-state index in [0.717, 1.165) is 36.3 Å². The molecule has 1 aliphatic rings. The van der Waals surface area contributed by atoms with E-state index in [1.807, 2.05) is 6.20 Å². The molecule has 1 aliphatic carbocycles. The second-order valence-corrected chi connectivity index (χ2v) is 7.58. The second kappa shape index (κ2) is 4.30. The first-order valence-corrected chi connectivity index (χ1v) is 6.77. The molecule has 2 rings (SSSR count). The standard InChI is InChI=1S/C15H25N3/c1-14(2,3)8-13-17-9-10-11(16)6-15(4,5)7-12(10)18-13/h9,11H,6-8,16H2,1-5H3. The van der Waals surface area contributed by atoms with E-state index in [0.29, 0.717) is 0 Å². The minimum absolute atomic E-state index is 0.0902. The number of rotatable bonds is 1. The highest BCUT2D eigenvalue weighted by atomic mass is 14.9. The minimum atomic E-state index is 0.0902. The molecular weight excluding hydrogens is 222 g/mol. The highest BCUT2D eigenvalue weighted by Crippen LogP contribution is 2.38. The summed E-state index contributed by atoms with van der Waals surface area (Å²) >= 11 is 0. The highest BCUT2D eigenvalue weighted by Gasteiger charge is 2.31. The third-order valence-electron chi connectivity index (χ3n) is 3.46. The molecule has 0 bridgehead atoms. The predicted molar refractivity (Wildman–Crippen MR) is 74.2 cm³/mol. The molecule has 0 amide bonds. The van der Waals surface area contributed by atoms with Crippen LogP contribution in [-0.4, -0.2) is 9.97 Å². The summed E-state index contributed by atoms with van der Waals surface area (Å²) in [5.41, 5.74) is 9.00. The Kier molecular flexibility index (Phi) is 3.22. The average Bonchev–Trinajstić information content (AvgIpc) is 2.11. The molecule has 0 aliphatic heterocycles. The third kappa shape index (κ3) is 3.08. The van der Waals surface area contributed by atoms with Crippen molar-refractivity contribution in [3.05, 3.63) is 23.3 Å². The maximum absolute atomic E-state index is 6.22. The average molecular weight is 247 g/mol. The number of nitrogens with two attached hydrogens (primary N) is 1. The largest absolute Gasteiger partial charge is 0.324 e. The van der Waals surface area contributed by atoms with E-state index < -0.39 is 0 Å². The van der Waals surface area contributed by atoms with Crippen LogP contribution in [0.1, 0.15) is 64.2 Å². The van der Waals surface area contributed by atoms with E-state index in [1.165, 1.54) is 0 Å². The molecule has 18 heavy (non-hydrogen) atoms. The van der Waals surface area contributed by atoms with E-state index in [2.05, 4.69) is 39.6 Å². The van der Waals surface area contributed by atoms with E-state index >= 15 is 0 Å². The summed E-state index contributed by atoms with van der Waals surface area (Å²) in [6, 6.07) is 0.0902. The van der Waals surface area contributed by atoms with Gasteiger partial charge in [-0.15, -0.1) is 0 Å². The smallest absolute Gasteiger partial charge is 0.129 e. The Bertz CT molecular complexity index is 444. The molecule has 0 aromatic carbocycles. The maximum Gasteiger partial charge on any atom is 0.129 e. The van der Waals surface area contributed by atoms with Crippen molar-refractivity contribution in [2.75, 3.05) is 0 Å². The molecule has 1 heterocycles. The zero-order valence-electron chi connectivity index (χ0n) is 12.2. The quantitative estimate of drug-likeness (QED) is 0.830. The fraction of sp³-hybridized carbons (Fsp3) is 0.733. The van der Waals surface area contributed by atoms with Crippen LogP contribution in [0, 0.1) is 10.8 Å². The molecule has 0 radical (unpaired) electrons. The zero-order valence-corrected chi connectivity index (χ0v) is 12.2. The lowest BCUT2D eigenvalue weighted by molar-refractivity contribution is 0.276. The molecule has 1 atom stereocenters. The van der Waals surface area contributed by atoms with Gasteiger partial charge in [0, 0.05) is 29.9 Å². The lowest BCUT2D eigenvalue weighted by Crippen LogP contribution is -2.31. The molecule has 0 fully saturated rings. The molecule has 3 nitrogen and oxygen atoms in total. The Hall–Kier alpha value is -0.960. The van der Waals surface area contributed by atoms with Gasteiger partial charge in [-0.1, -0.05) is 34.6 Å². The summed E-state index contributed by atoms with van der Waals surface area (Å²) in [6.07, 6.45) is 4.89. The normalized spacial score (nSPS) is 22.7. The Morgan fingerprint density at radius 3 is 2.67 bits per heavy atom. The lowest BCUT2D eigenvalue weighted by Gasteiger charge is -2.34. The molecule has 0 spiro atoms. The molecular formula is C15H25N3. The van der Waals surface area contributed by atoms with Gasteiger partial charge in [0.25, 0.3) is 0 Å². The van der Waals surface area contributed by atoms with Crippen molar-refractivity contribution in [3.63, 3.8) is 0 Å². The van der Waals surface area contributed by atoms with Gasteiger partial charge in [-0.05, 0) is 23.7 Å². The van der Waals surface area contributed by atoms with Crippen molar-refractivity contribution in [1.82, 2.24) is 9.97 Å². The van der Waals surface area contributed by atoms with Gasteiger partial charge in [0.2, 0.25) is 0 Å². The van der Waals surface area contributed by atoms with E-state index in [4.69, 9.17) is 10.7 Å². The maximum atomic E-state index is 6.22. The third-order valence-corrected chi connectivity index (χ3v) is 3.46. The topological polar surface area (TPSA) is 51.8 Å². The second-order valence-electron chi connectivity index (χ2n) is 7.58. The van der Waals surface area contributed by atoms with Crippen LogP contribution in [0.5, 0.6) is 0 Å².